The minimum Gasteiger partial charge on any atom is -0.326 e. The summed E-state index contributed by atoms with van der Waals surface area (Å²) in [4.78, 5) is 12.9. The second-order valence-corrected chi connectivity index (χ2v) is 9.27. The van der Waals surface area contributed by atoms with Crippen molar-refractivity contribution in [2.24, 2.45) is 5.92 Å². The van der Waals surface area contributed by atoms with Crippen LogP contribution in [0.3, 0.4) is 0 Å². The Balaban J connectivity index is 1.74. The van der Waals surface area contributed by atoms with Gasteiger partial charge in [0.1, 0.15) is 0 Å². The van der Waals surface area contributed by atoms with E-state index in [2.05, 4.69) is 5.32 Å². The molecule has 0 spiro atoms. The first kappa shape index (κ1) is 19.9. The molecule has 1 atom stereocenters. The molecule has 0 aliphatic carbocycles. The summed E-state index contributed by atoms with van der Waals surface area (Å²) in [7, 11) is -3.64. The van der Waals surface area contributed by atoms with Crippen LogP contribution in [0, 0.1) is 19.8 Å². The quantitative estimate of drug-likeness (QED) is 0.834. The highest BCUT2D eigenvalue weighted by atomic mass is 35.5. The number of hydrogen-bond donors (Lipinski definition) is 1. The molecular formula is C20H23ClN2O3S. The van der Waals surface area contributed by atoms with Crippen molar-refractivity contribution < 1.29 is 13.2 Å². The van der Waals surface area contributed by atoms with Crippen LogP contribution >= 0.6 is 11.6 Å². The van der Waals surface area contributed by atoms with Crippen LogP contribution in [0.4, 0.5) is 5.69 Å². The molecule has 1 saturated heterocycles. The Morgan fingerprint density at radius 2 is 1.85 bits per heavy atom. The van der Waals surface area contributed by atoms with Crippen LogP contribution < -0.4 is 5.32 Å². The van der Waals surface area contributed by atoms with Gasteiger partial charge in [0.05, 0.1) is 10.8 Å². The lowest BCUT2D eigenvalue weighted by Gasteiger charge is -2.31. The molecule has 7 heteroatoms. The maximum absolute atomic E-state index is 12.9. The largest absolute Gasteiger partial charge is 0.326 e. The minimum absolute atomic E-state index is 0.139. The van der Waals surface area contributed by atoms with Gasteiger partial charge in [-0.05, 0) is 68.1 Å². The standard InChI is InChI=1S/C20H23ClN2O3S/c1-14-5-3-7-19(15(14)2)22-20(24)16-6-4-12-23(13-16)27(25,26)18-10-8-17(21)9-11-18/h3,5,7-11,16H,4,6,12-13H2,1-2H3,(H,22,24)/t16-/m1/s1. The first-order chi connectivity index (χ1) is 12.8. The zero-order chi connectivity index (χ0) is 19.6. The number of nitrogens with one attached hydrogen (secondary N) is 1. The molecule has 2 aromatic carbocycles. The second-order valence-electron chi connectivity index (χ2n) is 6.89. The fourth-order valence-electron chi connectivity index (χ4n) is 3.25. The third kappa shape index (κ3) is 4.34. The summed E-state index contributed by atoms with van der Waals surface area (Å²) in [6.07, 6.45) is 1.32. The van der Waals surface area contributed by atoms with Crippen LogP contribution in [0.1, 0.15) is 24.0 Å². The number of nitrogens with zero attached hydrogens (tertiary/aromatic N) is 1. The van der Waals surface area contributed by atoms with Crippen molar-refractivity contribution in [2.75, 3.05) is 18.4 Å². The van der Waals surface area contributed by atoms with Crippen molar-refractivity contribution in [3.63, 3.8) is 0 Å². The Hall–Kier alpha value is -1.89. The third-order valence-electron chi connectivity index (χ3n) is 5.07. The first-order valence-corrected chi connectivity index (χ1v) is 10.7. The molecule has 1 aliphatic heterocycles. The highest BCUT2D eigenvalue weighted by Gasteiger charge is 2.33. The van der Waals surface area contributed by atoms with E-state index in [9.17, 15) is 13.2 Å². The van der Waals surface area contributed by atoms with Gasteiger partial charge in [0.2, 0.25) is 15.9 Å². The Morgan fingerprint density at radius 3 is 2.56 bits per heavy atom. The molecule has 1 N–H and O–H groups in total. The average molecular weight is 407 g/mol. The van der Waals surface area contributed by atoms with Crippen molar-refractivity contribution in [1.82, 2.24) is 4.31 Å². The number of anilines is 1. The van der Waals surface area contributed by atoms with Gasteiger partial charge in [-0.15, -0.1) is 0 Å². The van der Waals surface area contributed by atoms with E-state index in [1.165, 1.54) is 16.4 Å². The highest BCUT2D eigenvalue weighted by Crippen LogP contribution is 2.26. The lowest BCUT2D eigenvalue weighted by Crippen LogP contribution is -2.43. The Kier molecular flexibility index (Phi) is 5.89. The molecule has 1 fully saturated rings. The average Bonchev–Trinajstić information content (AvgIpc) is 2.66. The van der Waals surface area contributed by atoms with Gasteiger partial charge < -0.3 is 5.32 Å². The van der Waals surface area contributed by atoms with E-state index in [-0.39, 0.29) is 23.3 Å². The lowest BCUT2D eigenvalue weighted by molar-refractivity contribution is -0.120. The number of piperidine rings is 1. The van der Waals surface area contributed by atoms with Gasteiger partial charge in [0.15, 0.2) is 0 Å². The topological polar surface area (TPSA) is 66.5 Å². The fourth-order valence-corrected chi connectivity index (χ4v) is 4.90. The Bertz CT molecular complexity index is 942. The van der Waals surface area contributed by atoms with E-state index in [1.807, 2.05) is 32.0 Å². The monoisotopic (exact) mass is 406 g/mol. The molecule has 0 bridgehead atoms. The normalized spacial score (nSPS) is 18.3. The minimum atomic E-state index is -3.64. The van der Waals surface area contributed by atoms with Gasteiger partial charge in [-0.1, -0.05) is 23.7 Å². The van der Waals surface area contributed by atoms with Crippen LogP contribution in [-0.2, 0) is 14.8 Å². The summed E-state index contributed by atoms with van der Waals surface area (Å²) in [5.41, 5.74) is 2.90. The molecule has 2 aromatic rings. The molecule has 0 radical (unpaired) electrons. The van der Waals surface area contributed by atoms with E-state index in [1.54, 1.807) is 12.1 Å². The molecule has 1 amide bonds. The third-order valence-corrected chi connectivity index (χ3v) is 7.20. The van der Waals surface area contributed by atoms with E-state index in [0.29, 0.717) is 24.4 Å². The SMILES string of the molecule is Cc1cccc(NC(=O)[C@@H]2CCCN(S(=O)(=O)c3ccc(Cl)cc3)C2)c1C. The second kappa shape index (κ2) is 8.00. The summed E-state index contributed by atoms with van der Waals surface area (Å²) in [6.45, 7) is 4.55. The number of amides is 1. The van der Waals surface area contributed by atoms with Crippen molar-refractivity contribution in [2.45, 2.75) is 31.6 Å². The van der Waals surface area contributed by atoms with E-state index in [4.69, 9.17) is 11.6 Å². The summed E-state index contributed by atoms with van der Waals surface area (Å²) in [5, 5.41) is 3.45. The summed E-state index contributed by atoms with van der Waals surface area (Å²) in [5.74, 6) is -0.513. The van der Waals surface area contributed by atoms with E-state index >= 15 is 0 Å². The van der Waals surface area contributed by atoms with Crippen molar-refractivity contribution in [3.05, 3.63) is 58.6 Å². The van der Waals surface area contributed by atoms with Crippen molar-refractivity contribution in [1.29, 1.82) is 0 Å². The number of carbonyl (C=O) groups excluding carboxylic acids is 1. The number of sulfonamides is 1. The number of rotatable bonds is 4. The Labute approximate surface area is 165 Å². The molecule has 1 aliphatic rings. The molecule has 27 heavy (non-hydrogen) atoms. The zero-order valence-electron chi connectivity index (χ0n) is 15.4. The molecular weight excluding hydrogens is 384 g/mol. The predicted molar refractivity (Wildman–Crippen MR) is 107 cm³/mol. The molecule has 5 nitrogen and oxygen atoms in total. The number of halogens is 1. The van der Waals surface area contributed by atoms with Crippen molar-refractivity contribution in [3.8, 4) is 0 Å². The van der Waals surface area contributed by atoms with Gasteiger partial charge in [0.25, 0.3) is 0 Å². The van der Waals surface area contributed by atoms with Crippen LogP contribution in [0.2, 0.25) is 5.02 Å². The summed E-state index contributed by atoms with van der Waals surface area (Å²) < 4.78 is 27.1. The van der Waals surface area contributed by atoms with Gasteiger partial charge in [-0.2, -0.15) is 4.31 Å². The van der Waals surface area contributed by atoms with Crippen LogP contribution in [0.5, 0.6) is 0 Å². The fraction of sp³-hybridized carbons (Fsp3) is 0.350. The van der Waals surface area contributed by atoms with Crippen molar-refractivity contribution >= 4 is 33.2 Å². The molecule has 3 rings (SSSR count). The number of hydrogen-bond acceptors (Lipinski definition) is 3. The van der Waals surface area contributed by atoms with Crippen LogP contribution in [0.15, 0.2) is 47.4 Å². The smallest absolute Gasteiger partial charge is 0.243 e. The van der Waals surface area contributed by atoms with Gasteiger partial charge >= 0.3 is 0 Å². The van der Waals surface area contributed by atoms with Crippen LogP contribution in [0.25, 0.3) is 0 Å². The van der Waals surface area contributed by atoms with E-state index in [0.717, 1.165) is 16.8 Å². The molecule has 1 heterocycles. The predicted octanol–water partition coefficient (Wildman–Crippen LogP) is 4.00. The van der Waals surface area contributed by atoms with Crippen LogP contribution in [-0.4, -0.2) is 31.7 Å². The number of aryl methyl sites for hydroxylation is 1. The molecule has 0 aromatic heterocycles. The highest BCUT2D eigenvalue weighted by molar-refractivity contribution is 7.89. The number of benzene rings is 2. The summed E-state index contributed by atoms with van der Waals surface area (Å²) in [6, 6.07) is 11.9. The zero-order valence-corrected chi connectivity index (χ0v) is 17.0. The van der Waals surface area contributed by atoms with Gasteiger partial charge in [-0.25, -0.2) is 8.42 Å². The summed E-state index contributed by atoms with van der Waals surface area (Å²) >= 11 is 5.85. The van der Waals surface area contributed by atoms with Gasteiger partial charge in [0, 0.05) is 23.8 Å². The molecule has 0 unspecified atom stereocenters. The van der Waals surface area contributed by atoms with Gasteiger partial charge in [-0.3, -0.25) is 4.79 Å². The maximum Gasteiger partial charge on any atom is 0.243 e. The lowest BCUT2D eigenvalue weighted by atomic mass is 9.98. The Morgan fingerprint density at radius 1 is 1.15 bits per heavy atom. The maximum atomic E-state index is 12.9. The molecule has 144 valence electrons. The van der Waals surface area contributed by atoms with E-state index < -0.39 is 10.0 Å². The molecule has 0 saturated carbocycles. The number of carbonyl (C=O) groups is 1. The first-order valence-electron chi connectivity index (χ1n) is 8.92.